The maximum atomic E-state index is 12.2. The molecule has 2 rings (SSSR count). The Bertz CT molecular complexity index is 682. The largest absolute Gasteiger partial charge is 0.392 e. The van der Waals surface area contributed by atoms with Crippen LogP contribution in [0.2, 0.25) is 0 Å². The number of benzene rings is 2. The van der Waals surface area contributed by atoms with Crippen molar-refractivity contribution < 1.29 is 13.5 Å². The van der Waals surface area contributed by atoms with Gasteiger partial charge in [0.25, 0.3) is 10.0 Å². The van der Waals surface area contributed by atoms with E-state index in [2.05, 4.69) is 4.72 Å². The van der Waals surface area contributed by atoms with Gasteiger partial charge in [-0.1, -0.05) is 18.2 Å². The molecule has 0 saturated heterocycles. The lowest BCUT2D eigenvalue weighted by molar-refractivity contribution is 0.282. The lowest BCUT2D eigenvalue weighted by Crippen LogP contribution is -2.12. The zero-order valence-electron chi connectivity index (χ0n) is 10.9. The highest BCUT2D eigenvalue weighted by Gasteiger charge is 2.14. The molecule has 6 heteroatoms. The van der Waals surface area contributed by atoms with E-state index >= 15 is 0 Å². The predicted octanol–water partition coefficient (Wildman–Crippen LogP) is 2.70. The Balaban J connectivity index is 2.25. The first kappa shape index (κ1) is 14.9. The van der Waals surface area contributed by atoms with Gasteiger partial charge in [-0.05, 0) is 42.2 Å². The van der Waals surface area contributed by atoms with Crippen LogP contribution in [-0.4, -0.2) is 19.8 Å². The summed E-state index contributed by atoms with van der Waals surface area (Å²) in [6.45, 7) is -0.108. The van der Waals surface area contributed by atoms with Gasteiger partial charge < -0.3 is 5.11 Å². The Morgan fingerprint density at radius 2 is 1.85 bits per heavy atom. The average Bonchev–Trinajstić information content (AvgIpc) is 2.47. The van der Waals surface area contributed by atoms with Gasteiger partial charge in [-0.15, -0.1) is 11.8 Å². The molecular weight excluding hydrogens is 294 g/mol. The van der Waals surface area contributed by atoms with Gasteiger partial charge in [-0.2, -0.15) is 0 Å². The molecule has 0 aliphatic carbocycles. The van der Waals surface area contributed by atoms with Crippen molar-refractivity contribution in [1.82, 2.24) is 0 Å². The number of anilines is 1. The first-order chi connectivity index (χ1) is 9.55. The van der Waals surface area contributed by atoms with E-state index < -0.39 is 10.0 Å². The first-order valence-electron chi connectivity index (χ1n) is 5.92. The van der Waals surface area contributed by atoms with E-state index in [1.54, 1.807) is 42.1 Å². The molecule has 106 valence electrons. The summed E-state index contributed by atoms with van der Waals surface area (Å²) in [6.07, 6.45) is 1.93. The fraction of sp³-hybridized carbons (Fsp3) is 0.143. The molecule has 0 aromatic heterocycles. The van der Waals surface area contributed by atoms with Gasteiger partial charge in [-0.3, -0.25) is 4.72 Å². The third kappa shape index (κ3) is 3.53. The molecule has 2 N–H and O–H groups in total. The first-order valence-corrected chi connectivity index (χ1v) is 8.62. The number of nitrogens with one attached hydrogen (secondary N) is 1. The molecular formula is C14H15NO3S2. The molecule has 0 amide bonds. The summed E-state index contributed by atoms with van der Waals surface area (Å²) in [5, 5.41) is 8.96. The normalized spacial score (nSPS) is 11.3. The fourth-order valence-corrected chi connectivity index (χ4v) is 3.18. The molecule has 0 atom stereocenters. The van der Waals surface area contributed by atoms with Crippen LogP contribution in [0.1, 0.15) is 5.56 Å². The van der Waals surface area contributed by atoms with Gasteiger partial charge in [0.2, 0.25) is 0 Å². The molecule has 0 saturated carbocycles. The number of thioether (sulfide) groups is 1. The molecule has 0 aliphatic rings. The molecule has 0 aliphatic heterocycles. The number of hydrogen-bond acceptors (Lipinski definition) is 4. The highest BCUT2D eigenvalue weighted by Crippen LogP contribution is 2.21. The second-order valence-electron chi connectivity index (χ2n) is 4.14. The zero-order valence-corrected chi connectivity index (χ0v) is 12.5. The van der Waals surface area contributed by atoms with Gasteiger partial charge >= 0.3 is 0 Å². The Labute approximate surface area is 122 Å². The molecule has 2 aromatic carbocycles. The zero-order chi connectivity index (χ0) is 14.6. The van der Waals surface area contributed by atoms with Crippen molar-refractivity contribution in [2.75, 3.05) is 11.0 Å². The summed E-state index contributed by atoms with van der Waals surface area (Å²) in [5.41, 5.74) is 1.21. The van der Waals surface area contributed by atoms with Crippen LogP contribution in [-0.2, 0) is 16.6 Å². The average molecular weight is 309 g/mol. The maximum absolute atomic E-state index is 12.2. The molecule has 0 heterocycles. The topological polar surface area (TPSA) is 66.4 Å². The smallest absolute Gasteiger partial charge is 0.261 e. The molecule has 2 aromatic rings. The van der Waals surface area contributed by atoms with E-state index in [9.17, 15) is 8.42 Å². The lowest BCUT2D eigenvalue weighted by Gasteiger charge is -2.09. The van der Waals surface area contributed by atoms with E-state index in [0.717, 1.165) is 4.90 Å². The standard InChI is InChI=1S/C14H15NO3S2/c1-19-13-4-2-3-12(9-13)15-20(17,18)14-7-5-11(10-16)6-8-14/h2-9,15-16H,10H2,1H3. The minimum atomic E-state index is -3.60. The van der Waals surface area contributed by atoms with Crippen LogP contribution in [0.15, 0.2) is 58.3 Å². The lowest BCUT2D eigenvalue weighted by atomic mass is 10.2. The van der Waals surface area contributed by atoms with Gasteiger partial charge in [0.05, 0.1) is 11.5 Å². The third-order valence-electron chi connectivity index (χ3n) is 2.74. The predicted molar refractivity (Wildman–Crippen MR) is 81.4 cm³/mol. The second kappa shape index (κ2) is 6.30. The van der Waals surface area contributed by atoms with Crippen molar-refractivity contribution in [2.24, 2.45) is 0 Å². The number of sulfonamides is 1. The van der Waals surface area contributed by atoms with Crippen LogP contribution < -0.4 is 4.72 Å². The molecule has 0 unspecified atom stereocenters. The molecule has 0 bridgehead atoms. The number of rotatable bonds is 5. The molecule has 4 nitrogen and oxygen atoms in total. The van der Waals surface area contributed by atoms with Crippen LogP contribution >= 0.6 is 11.8 Å². The SMILES string of the molecule is CSc1cccc(NS(=O)(=O)c2ccc(CO)cc2)c1. The van der Waals surface area contributed by atoms with Crippen LogP contribution in [0.4, 0.5) is 5.69 Å². The van der Waals surface area contributed by atoms with Crippen LogP contribution in [0, 0.1) is 0 Å². The maximum Gasteiger partial charge on any atom is 0.261 e. The van der Waals surface area contributed by atoms with E-state index in [4.69, 9.17) is 5.11 Å². The van der Waals surface area contributed by atoms with Crippen LogP contribution in [0.5, 0.6) is 0 Å². The van der Waals surface area contributed by atoms with E-state index in [0.29, 0.717) is 11.3 Å². The van der Waals surface area contributed by atoms with Crippen LogP contribution in [0.25, 0.3) is 0 Å². The Morgan fingerprint density at radius 3 is 2.45 bits per heavy atom. The second-order valence-corrected chi connectivity index (χ2v) is 6.70. The summed E-state index contributed by atoms with van der Waals surface area (Å²) < 4.78 is 27.0. The monoisotopic (exact) mass is 309 g/mol. The van der Waals surface area contributed by atoms with Crippen molar-refractivity contribution in [3.8, 4) is 0 Å². The van der Waals surface area contributed by atoms with Crippen molar-refractivity contribution in [2.45, 2.75) is 16.4 Å². The minimum Gasteiger partial charge on any atom is -0.392 e. The summed E-state index contributed by atoms with van der Waals surface area (Å²) in [6, 6.07) is 13.3. The van der Waals surface area contributed by atoms with Crippen molar-refractivity contribution >= 4 is 27.5 Å². The summed E-state index contributed by atoms with van der Waals surface area (Å²) in [7, 11) is -3.60. The Kier molecular flexibility index (Phi) is 4.69. The number of hydrogen-bond donors (Lipinski definition) is 2. The minimum absolute atomic E-state index is 0.108. The Morgan fingerprint density at radius 1 is 1.15 bits per heavy atom. The fourth-order valence-electron chi connectivity index (χ4n) is 1.67. The van der Waals surface area contributed by atoms with Gasteiger partial charge in [-0.25, -0.2) is 8.42 Å². The van der Waals surface area contributed by atoms with E-state index in [-0.39, 0.29) is 11.5 Å². The van der Waals surface area contributed by atoms with Crippen molar-refractivity contribution in [3.63, 3.8) is 0 Å². The highest BCUT2D eigenvalue weighted by molar-refractivity contribution is 7.98. The Hall–Kier alpha value is -1.50. The molecule has 0 fully saturated rings. The van der Waals surface area contributed by atoms with E-state index in [1.807, 2.05) is 12.3 Å². The third-order valence-corrected chi connectivity index (χ3v) is 4.86. The quantitative estimate of drug-likeness (QED) is 0.833. The summed E-state index contributed by atoms with van der Waals surface area (Å²) >= 11 is 1.55. The van der Waals surface area contributed by atoms with Gasteiger partial charge in [0, 0.05) is 10.6 Å². The van der Waals surface area contributed by atoms with Crippen LogP contribution in [0.3, 0.4) is 0 Å². The number of aliphatic hydroxyl groups is 1. The molecule has 0 spiro atoms. The van der Waals surface area contributed by atoms with Crippen molar-refractivity contribution in [3.05, 3.63) is 54.1 Å². The number of aliphatic hydroxyl groups excluding tert-OH is 1. The van der Waals surface area contributed by atoms with E-state index in [1.165, 1.54) is 12.1 Å². The highest BCUT2D eigenvalue weighted by atomic mass is 32.2. The molecule has 20 heavy (non-hydrogen) atoms. The summed E-state index contributed by atoms with van der Waals surface area (Å²) in [5.74, 6) is 0. The van der Waals surface area contributed by atoms with Gasteiger partial charge in [0.15, 0.2) is 0 Å². The van der Waals surface area contributed by atoms with Gasteiger partial charge in [0.1, 0.15) is 0 Å². The van der Waals surface area contributed by atoms with Crippen molar-refractivity contribution in [1.29, 1.82) is 0 Å². The summed E-state index contributed by atoms with van der Waals surface area (Å²) in [4.78, 5) is 1.16. The molecule has 0 radical (unpaired) electrons.